The fraction of sp³-hybridized carbons (Fsp3) is 0.632. The lowest BCUT2D eigenvalue weighted by molar-refractivity contribution is -0.120. The van der Waals surface area contributed by atoms with Crippen molar-refractivity contribution in [3.8, 4) is 0 Å². The smallest absolute Gasteiger partial charge is 0.232 e. The van der Waals surface area contributed by atoms with E-state index in [0.29, 0.717) is 38.5 Å². The van der Waals surface area contributed by atoms with Gasteiger partial charge in [0.05, 0.1) is 30.8 Å². The van der Waals surface area contributed by atoms with E-state index >= 15 is 0 Å². The van der Waals surface area contributed by atoms with Crippen molar-refractivity contribution >= 4 is 27.3 Å². The zero-order chi connectivity index (χ0) is 19.7. The van der Waals surface area contributed by atoms with Crippen LogP contribution in [0.2, 0.25) is 0 Å². The molecule has 0 spiro atoms. The molecule has 1 aliphatic heterocycles. The van der Waals surface area contributed by atoms with E-state index in [1.807, 2.05) is 18.2 Å². The lowest BCUT2D eigenvalue weighted by Gasteiger charge is -2.33. The summed E-state index contributed by atoms with van der Waals surface area (Å²) in [4.78, 5) is 14.2. The number of sulfonamides is 1. The first-order valence-corrected chi connectivity index (χ1v) is 11.4. The van der Waals surface area contributed by atoms with Crippen molar-refractivity contribution in [1.82, 2.24) is 5.32 Å². The largest absolute Gasteiger partial charge is 0.378 e. The van der Waals surface area contributed by atoms with E-state index in [1.54, 1.807) is 6.07 Å². The molecule has 8 heteroatoms. The van der Waals surface area contributed by atoms with Crippen LogP contribution in [0.3, 0.4) is 0 Å². The second-order valence-electron chi connectivity index (χ2n) is 6.73. The summed E-state index contributed by atoms with van der Waals surface area (Å²) < 4.78 is 31.6. The van der Waals surface area contributed by atoms with Gasteiger partial charge in [0, 0.05) is 32.6 Å². The topological polar surface area (TPSA) is 79.0 Å². The third kappa shape index (κ3) is 6.70. The minimum Gasteiger partial charge on any atom is -0.378 e. The van der Waals surface area contributed by atoms with Gasteiger partial charge in [-0.15, -0.1) is 0 Å². The minimum atomic E-state index is -3.51. The lowest BCUT2D eigenvalue weighted by atomic mass is 10.2. The van der Waals surface area contributed by atoms with E-state index in [1.165, 1.54) is 10.6 Å². The summed E-state index contributed by atoms with van der Waals surface area (Å²) in [5.41, 5.74) is 1.47. The van der Waals surface area contributed by atoms with Gasteiger partial charge in [-0.25, -0.2) is 8.42 Å². The maximum atomic E-state index is 12.4. The molecule has 1 heterocycles. The van der Waals surface area contributed by atoms with Crippen LogP contribution >= 0.6 is 0 Å². The highest BCUT2D eigenvalue weighted by molar-refractivity contribution is 7.92. The highest BCUT2D eigenvalue weighted by Gasteiger charge is 2.24. The van der Waals surface area contributed by atoms with Crippen LogP contribution in [0, 0.1) is 0 Å². The van der Waals surface area contributed by atoms with E-state index in [0.717, 1.165) is 24.9 Å². The van der Waals surface area contributed by atoms with E-state index in [9.17, 15) is 13.2 Å². The molecule has 2 rings (SSSR count). The number of morpholine rings is 1. The Hall–Kier alpha value is -1.80. The SMILES string of the molecule is CCCCCNC(=O)CCN(c1ccccc1N1CCOCC1)S(C)(=O)=O. The van der Waals surface area contributed by atoms with Gasteiger partial charge in [0.15, 0.2) is 0 Å². The summed E-state index contributed by atoms with van der Waals surface area (Å²) in [6.07, 6.45) is 4.43. The van der Waals surface area contributed by atoms with Crippen molar-refractivity contribution in [3.63, 3.8) is 0 Å². The first-order chi connectivity index (χ1) is 12.9. The van der Waals surface area contributed by atoms with Gasteiger partial charge in [-0.1, -0.05) is 31.9 Å². The molecule has 0 aromatic heterocycles. The third-order valence-electron chi connectivity index (χ3n) is 4.55. The van der Waals surface area contributed by atoms with Gasteiger partial charge in [-0.2, -0.15) is 0 Å². The van der Waals surface area contributed by atoms with E-state index < -0.39 is 10.0 Å². The van der Waals surface area contributed by atoms with Crippen LogP contribution in [0.1, 0.15) is 32.6 Å². The average Bonchev–Trinajstić information content (AvgIpc) is 2.65. The molecular weight excluding hydrogens is 366 g/mol. The number of unbranched alkanes of at least 4 members (excludes halogenated alkanes) is 2. The monoisotopic (exact) mass is 397 g/mol. The van der Waals surface area contributed by atoms with Crippen molar-refractivity contribution < 1.29 is 17.9 Å². The van der Waals surface area contributed by atoms with Gasteiger partial charge in [0.2, 0.25) is 15.9 Å². The number of hydrogen-bond acceptors (Lipinski definition) is 5. The molecule has 0 saturated carbocycles. The van der Waals surface area contributed by atoms with Gasteiger partial charge in [-0.05, 0) is 18.6 Å². The number of nitrogens with one attached hydrogen (secondary N) is 1. The van der Waals surface area contributed by atoms with Gasteiger partial charge in [-0.3, -0.25) is 9.10 Å². The predicted molar refractivity (Wildman–Crippen MR) is 109 cm³/mol. The van der Waals surface area contributed by atoms with Crippen molar-refractivity contribution in [2.45, 2.75) is 32.6 Å². The van der Waals surface area contributed by atoms with Crippen LogP contribution in [0.5, 0.6) is 0 Å². The van der Waals surface area contributed by atoms with Crippen LogP contribution in [-0.4, -0.2) is 60.0 Å². The first-order valence-electron chi connectivity index (χ1n) is 9.59. The Morgan fingerprint density at radius 2 is 1.93 bits per heavy atom. The molecule has 0 unspecified atom stereocenters. The van der Waals surface area contributed by atoms with Crippen molar-refractivity contribution in [1.29, 1.82) is 0 Å². The maximum Gasteiger partial charge on any atom is 0.232 e. The molecule has 27 heavy (non-hydrogen) atoms. The number of nitrogens with zero attached hydrogens (tertiary/aromatic N) is 2. The molecule has 1 amide bonds. The Morgan fingerprint density at radius 3 is 2.59 bits per heavy atom. The quantitative estimate of drug-likeness (QED) is 0.611. The molecule has 1 fully saturated rings. The number of benzene rings is 1. The van der Waals surface area contributed by atoms with E-state index in [4.69, 9.17) is 4.74 Å². The lowest BCUT2D eigenvalue weighted by Crippen LogP contribution is -2.39. The predicted octanol–water partition coefficient (Wildman–Crippen LogP) is 1.99. The van der Waals surface area contributed by atoms with E-state index in [-0.39, 0.29) is 18.9 Å². The highest BCUT2D eigenvalue weighted by atomic mass is 32.2. The molecule has 1 aliphatic rings. The summed E-state index contributed by atoms with van der Waals surface area (Å²) in [5.74, 6) is -0.122. The molecule has 1 saturated heterocycles. The molecular formula is C19H31N3O4S. The van der Waals surface area contributed by atoms with Crippen LogP contribution < -0.4 is 14.5 Å². The molecule has 152 valence electrons. The Balaban J connectivity index is 2.10. The Kier molecular flexibility index (Phi) is 8.37. The number of carbonyl (C=O) groups is 1. The number of ether oxygens (including phenoxy) is 1. The molecule has 0 atom stereocenters. The summed E-state index contributed by atoms with van der Waals surface area (Å²) in [5, 5.41) is 2.87. The summed E-state index contributed by atoms with van der Waals surface area (Å²) in [6, 6.07) is 7.44. The second-order valence-corrected chi connectivity index (χ2v) is 8.64. The van der Waals surface area contributed by atoms with Crippen molar-refractivity contribution in [2.75, 3.05) is 54.9 Å². The number of amides is 1. The zero-order valence-corrected chi connectivity index (χ0v) is 17.1. The number of rotatable bonds is 10. The summed E-state index contributed by atoms with van der Waals surface area (Å²) in [6.45, 7) is 5.53. The van der Waals surface area contributed by atoms with Crippen molar-refractivity contribution in [2.24, 2.45) is 0 Å². The molecule has 1 aromatic rings. The Bertz CT molecular complexity index is 703. The summed E-state index contributed by atoms with van der Waals surface area (Å²) in [7, 11) is -3.51. The number of anilines is 2. The normalized spacial score (nSPS) is 14.8. The molecule has 7 nitrogen and oxygen atoms in total. The van der Waals surface area contributed by atoms with Crippen LogP contribution in [0.25, 0.3) is 0 Å². The van der Waals surface area contributed by atoms with Gasteiger partial charge < -0.3 is 15.0 Å². The van der Waals surface area contributed by atoms with Gasteiger partial charge in [0.25, 0.3) is 0 Å². The average molecular weight is 398 g/mol. The maximum absolute atomic E-state index is 12.4. The minimum absolute atomic E-state index is 0.122. The van der Waals surface area contributed by atoms with Crippen LogP contribution in [0.15, 0.2) is 24.3 Å². The standard InChI is InChI=1S/C19H31N3O4S/c1-3-4-7-11-20-19(23)10-12-22(27(2,24)25)18-9-6-5-8-17(18)21-13-15-26-16-14-21/h5-6,8-9H,3-4,7,10-16H2,1-2H3,(H,20,23). The van der Waals surface area contributed by atoms with Crippen LogP contribution in [-0.2, 0) is 19.6 Å². The highest BCUT2D eigenvalue weighted by Crippen LogP contribution is 2.31. The fourth-order valence-corrected chi connectivity index (χ4v) is 4.04. The van der Waals surface area contributed by atoms with Crippen LogP contribution in [0.4, 0.5) is 11.4 Å². The van der Waals surface area contributed by atoms with E-state index in [2.05, 4.69) is 17.1 Å². The molecule has 0 aliphatic carbocycles. The summed E-state index contributed by atoms with van der Waals surface area (Å²) >= 11 is 0. The number of hydrogen-bond donors (Lipinski definition) is 1. The number of para-hydroxylation sites is 2. The third-order valence-corrected chi connectivity index (χ3v) is 5.73. The molecule has 0 radical (unpaired) electrons. The molecule has 1 aromatic carbocycles. The first kappa shape index (κ1) is 21.5. The fourth-order valence-electron chi connectivity index (χ4n) is 3.11. The molecule has 1 N–H and O–H groups in total. The van der Waals surface area contributed by atoms with Gasteiger partial charge in [0.1, 0.15) is 0 Å². The molecule has 0 bridgehead atoms. The second kappa shape index (κ2) is 10.5. The zero-order valence-electron chi connectivity index (χ0n) is 16.3. The Morgan fingerprint density at radius 1 is 1.22 bits per heavy atom. The van der Waals surface area contributed by atoms with Gasteiger partial charge >= 0.3 is 0 Å². The number of carbonyl (C=O) groups excluding carboxylic acids is 1. The Labute approximate surface area is 162 Å². The van der Waals surface area contributed by atoms with Crippen molar-refractivity contribution in [3.05, 3.63) is 24.3 Å².